The van der Waals surface area contributed by atoms with Crippen molar-refractivity contribution in [2.24, 2.45) is 5.73 Å². The number of hydrogen-bond donors (Lipinski definition) is 6. The van der Waals surface area contributed by atoms with Gasteiger partial charge in [-0.3, -0.25) is 15.0 Å². The SMILES string of the molecule is CSc1sc(C(=N)N)cc1S(=O)(=O)c1cccc(-c2ccc(NC(=O)CCCCCNC(=O)CCCC[C@@H]3SCC4NC(=O)NC43)cc2C)c1. The summed E-state index contributed by atoms with van der Waals surface area (Å²) in [4.78, 5) is 37.1. The van der Waals surface area contributed by atoms with Gasteiger partial charge in [-0.2, -0.15) is 11.8 Å². The van der Waals surface area contributed by atoms with Crippen molar-refractivity contribution in [1.82, 2.24) is 16.0 Å². The van der Waals surface area contributed by atoms with Crippen LogP contribution >= 0.6 is 34.9 Å². The maximum atomic E-state index is 13.6. The number of amidine groups is 1. The van der Waals surface area contributed by atoms with Crippen molar-refractivity contribution in [3.05, 3.63) is 59.0 Å². The third-order valence-corrected chi connectivity index (χ3v) is 14.7. The number of benzene rings is 2. The lowest BCUT2D eigenvalue weighted by atomic mass is 10.00. The number of amides is 4. The van der Waals surface area contributed by atoms with Crippen LogP contribution in [0.5, 0.6) is 0 Å². The third-order valence-electron chi connectivity index (χ3n) is 8.86. The van der Waals surface area contributed by atoms with E-state index in [4.69, 9.17) is 11.1 Å². The molecular formula is C35H44N6O5S4. The molecule has 15 heteroatoms. The van der Waals surface area contributed by atoms with E-state index in [1.807, 2.05) is 43.0 Å². The van der Waals surface area contributed by atoms with Gasteiger partial charge in [0, 0.05) is 36.1 Å². The number of nitrogen functional groups attached to an aromatic ring is 1. The number of carbonyl (C=O) groups is 3. The van der Waals surface area contributed by atoms with Crippen LogP contribution in [0.4, 0.5) is 10.5 Å². The Balaban J connectivity index is 1.01. The van der Waals surface area contributed by atoms with E-state index in [2.05, 4.69) is 21.3 Å². The summed E-state index contributed by atoms with van der Waals surface area (Å²) in [5.74, 6) is 0.747. The Labute approximate surface area is 306 Å². The number of urea groups is 1. The minimum absolute atomic E-state index is 0.0538. The van der Waals surface area contributed by atoms with Crippen LogP contribution in [0.1, 0.15) is 61.8 Å². The number of unbranched alkanes of at least 4 members (excludes halogenated alkanes) is 3. The molecule has 0 radical (unpaired) electrons. The quantitative estimate of drug-likeness (QED) is 0.0323. The topological polar surface area (TPSA) is 183 Å². The standard InChI is InChI=1S/C35H44N6O5S4/c1-21-17-23(14-15-25(21)22-9-8-10-24(18-22)50(45,46)29-19-28(33(36)37)49-34(29)47-2)39-31(43)13-4-3-7-16-38-30(42)12-6-5-11-27-32-26(20-48-27)40-35(44)41-32/h8-10,14-15,17-19,26-27,32H,3-7,11-13,16,20H2,1-2H3,(H3,36,37)(H,38,42)(H,39,43)(H2,40,41,44)/t26?,27-,32?/m0/s1. The summed E-state index contributed by atoms with van der Waals surface area (Å²) in [6.07, 6.45) is 7.79. The predicted octanol–water partition coefficient (Wildman–Crippen LogP) is 5.90. The van der Waals surface area contributed by atoms with Crippen LogP contribution in [-0.2, 0) is 19.4 Å². The highest BCUT2D eigenvalue weighted by atomic mass is 32.2. The van der Waals surface area contributed by atoms with Crippen molar-refractivity contribution in [2.45, 2.75) is 89.6 Å². The van der Waals surface area contributed by atoms with Crippen LogP contribution in [0.2, 0.25) is 0 Å². The van der Waals surface area contributed by atoms with Crippen molar-refractivity contribution in [3.8, 4) is 11.1 Å². The smallest absolute Gasteiger partial charge is 0.315 e. The van der Waals surface area contributed by atoms with Crippen LogP contribution in [0.3, 0.4) is 0 Å². The van der Waals surface area contributed by atoms with Crippen LogP contribution < -0.4 is 27.0 Å². The van der Waals surface area contributed by atoms with E-state index in [9.17, 15) is 22.8 Å². The first-order valence-electron chi connectivity index (χ1n) is 16.7. The lowest BCUT2D eigenvalue weighted by Crippen LogP contribution is -2.36. The van der Waals surface area contributed by atoms with E-state index < -0.39 is 9.84 Å². The molecule has 4 amide bonds. The lowest BCUT2D eigenvalue weighted by Gasteiger charge is -2.16. The zero-order valence-electron chi connectivity index (χ0n) is 28.2. The highest BCUT2D eigenvalue weighted by Crippen LogP contribution is 2.38. The third kappa shape index (κ3) is 9.42. The molecule has 0 aliphatic carbocycles. The first kappa shape index (κ1) is 37.7. The maximum Gasteiger partial charge on any atom is 0.315 e. The molecule has 3 heterocycles. The van der Waals surface area contributed by atoms with E-state index in [0.717, 1.165) is 54.5 Å². The average Bonchev–Trinajstić information content (AvgIpc) is 3.80. The van der Waals surface area contributed by atoms with E-state index in [0.29, 0.717) is 45.8 Å². The molecule has 0 spiro atoms. The summed E-state index contributed by atoms with van der Waals surface area (Å²) in [7, 11) is -3.84. The monoisotopic (exact) mass is 756 g/mol. The van der Waals surface area contributed by atoms with Gasteiger partial charge in [0.15, 0.2) is 0 Å². The van der Waals surface area contributed by atoms with Crippen LogP contribution in [0.15, 0.2) is 62.5 Å². The van der Waals surface area contributed by atoms with Gasteiger partial charge in [0.05, 0.1) is 31.0 Å². The highest BCUT2D eigenvalue weighted by molar-refractivity contribution is 8.01. The molecule has 2 fully saturated rings. The molecule has 3 aromatic rings. The fourth-order valence-corrected chi connectivity index (χ4v) is 11.7. The minimum Gasteiger partial charge on any atom is -0.383 e. The number of thioether (sulfide) groups is 2. The number of rotatable bonds is 17. The molecule has 2 aromatic carbocycles. The van der Waals surface area contributed by atoms with Gasteiger partial charge in [0.1, 0.15) is 5.84 Å². The first-order valence-corrected chi connectivity index (χ1v) is 21.3. The minimum atomic E-state index is -3.84. The molecule has 268 valence electrons. The molecule has 0 bridgehead atoms. The molecule has 5 rings (SSSR count). The van der Waals surface area contributed by atoms with Gasteiger partial charge in [-0.25, -0.2) is 13.2 Å². The highest BCUT2D eigenvalue weighted by Gasteiger charge is 2.42. The maximum absolute atomic E-state index is 13.6. The van der Waals surface area contributed by atoms with E-state index in [1.165, 1.54) is 29.2 Å². The fraction of sp³-hybridized carbons (Fsp3) is 0.429. The summed E-state index contributed by atoms with van der Waals surface area (Å²) < 4.78 is 27.8. The summed E-state index contributed by atoms with van der Waals surface area (Å²) in [6.45, 7) is 2.51. The largest absolute Gasteiger partial charge is 0.383 e. The number of anilines is 1. The molecule has 11 nitrogen and oxygen atoms in total. The van der Waals surface area contributed by atoms with E-state index in [1.54, 1.807) is 24.5 Å². The van der Waals surface area contributed by atoms with Crippen molar-refractivity contribution >= 4 is 74.1 Å². The van der Waals surface area contributed by atoms with Gasteiger partial charge in [-0.15, -0.1) is 23.1 Å². The normalized spacial score (nSPS) is 18.3. The Morgan fingerprint density at radius 2 is 1.80 bits per heavy atom. The van der Waals surface area contributed by atoms with Crippen molar-refractivity contribution < 1.29 is 22.8 Å². The number of aryl methyl sites for hydroxylation is 1. The van der Waals surface area contributed by atoms with Gasteiger partial charge in [-0.05, 0) is 85.9 Å². The van der Waals surface area contributed by atoms with Crippen LogP contribution in [0.25, 0.3) is 11.1 Å². The zero-order chi connectivity index (χ0) is 35.8. The molecular weight excluding hydrogens is 713 g/mol. The second-order valence-corrected chi connectivity index (χ2v) is 17.8. The van der Waals surface area contributed by atoms with E-state index in [-0.39, 0.29) is 45.6 Å². The lowest BCUT2D eigenvalue weighted by molar-refractivity contribution is -0.121. The Morgan fingerprint density at radius 1 is 1.02 bits per heavy atom. The summed E-state index contributed by atoms with van der Waals surface area (Å²) in [5, 5.41) is 20.0. The first-order chi connectivity index (χ1) is 24.0. The molecule has 1 aromatic heterocycles. The molecule has 50 heavy (non-hydrogen) atoms. The number of sulfone groups is 1. The Kier molecular flexibility index (Phi) is 12.9. The number of thiophene rings is 1. The molecule has 2 aliphatic rings. The van der Waals surface area contributed by atoms with E-state index >= 15 is 0 Å². The van der Waals surface area contributed by atoms with Gasteiger partial charge >= 0.3 is 6.03 Å². The number of hydrogen-bond acceptors (Lipinski definition) is 9. The average molecular weight is 757 g/mol. The van der Waals surface area contributed by atoms with Gasteiger partial charge in [0.2, 0.25) is 21.7 Å². The Morgan fingerprint density at radius 3 is 2.56 bits per heavy atom. The molecule has 7 N–H and O–H groups in total. The molecule has 2 unspecified atom stereocenters. The Bertz CT molecular complexity index is 1850. The summed E-state index contributed by atoms with van der Waals surface area (Å²) >= 11 is 4.39. The molecule has 0 saturated carbocycles. The predicted molar refractivity (Wildman–Crippen MR) is 203 cm³/mol. The number of carbonyl (C=O) groups excluding carboxylic acids is 3. The second kappa shape index (κ2) is 17.1. The van der Waals surface area contributed by atoms with Gasteiger partial charge in [0.25, 0.3) is 0 Å². The second-order valence-electron chi connectivity index (χ2n) is 12.5. The number of nitrogens with two attached hydrogens (primary N) is 1. The number of fused-ring (bicyclic) bond motifs is 1. The molecule has 2 saturated heterocycles. The summed E-state index contributed by atoms with van der Waals surface area (Å²) in [5.41, 5.74) is 8.77. The molecule has 3 atom stereocenters. The van der Waals surface area contributed by atoms with Gasteiger partial charge < -0.3 is 27.0 Å². The van der Waals surface area contributed by atoms with Crippen LogP contribution in [0, 0.1) is 12.3 Å². The summed E-state index contributed by atoms with van der Waals surface area (Å²) in [6, 6.07) is 14.2. The molecule has 2 aliphatic heterocycles. The van der Waals surface area contributed by atoms with Crippen molar-refractivity contribution in [2.75, 3.05) is 23.9 Å². The zero-order valence-corrected chi connectivity index (χ0v) is 31.4. The van der Waals surface area contributed by atoms with Crippen molar-refractivity contribution in [1.29, 1.82) is 5.41 Å². The Hall–Kier alpha value is -3.53. The number of nitrogens with one attached hydrogen (secondary N) is 5. The van der Waals surface area contributed by atoms with Crippen molar-refractivity contribution in [3.63, 3.8) is 0 Å². The van der Waals surface area contributed by atoms with Gasteiger partial charge in [-0.1, -0.05) is 31.0 Å². The van der Waals surface area contributed by atoms with Crippen LogP contribution in [-0.4, -0.2) is 68.0 Å². The fourth-order valence-electron chi connectivity index (χ4n) is 6.24.